The van der Waals surface area contributed by atoms with Gasteiger partial charge in [0.15, 0.2) is 5.78 Å². The number of benzene rings is 1. The molecule has 0 aromatic heterocycles. The molecule has 0 aliphatic rings. The van der Waals surface area contributed by atoms with Gasteiger partial charge in [-0.1, -0.05) is 26.0 Å². The second kappa shape index (κ2) is 8.72. The highest BCUT2D eigenvalue weighted by atomic mass is 16.5. The number of carbonyl (C=O) groups is 1. The van der Waals surface area contributed by atoms with Crippen molar-refractivity contribution in [1.82, 2.24) is 0 Å². The summed E-state index contributed by atoms with van der Waals surface area (Å²) in [5.41, 5.74) is 6.36. The number of ether oxygens (including phenoxy) is 2. The zero-order valence-corrected chi connectivity index (χ0v) is 12.6. The van der Waals surface area contributed by atoms with Gasteiger partial charge in [-0.15, -0.1) is 0 Å². The first-order valence-electron chi connectivity index (χ1n) is 7.05. The number of carbonyl (C=O) groups excluding carboxylic acids is 1. The molecule has 20 heavy (non-hydrogen) atoms. The minimum atomic E-state index is -0.151. The van der Waals surface area contributed by atoms with Gasteiger partial charge in [-0.25, -0.2) is 0 Å². The fraction of sp³-hybridized carbons (Fsp3) is 0.562. The van der Waals surface area contributed by atoms with Crippen LogP contribution >= 0.6 is 0 Å². The van der Waals surface area contributed by atoms with Crippen LogP contribution in [0.1, 0.15) is 30.6 Å². The summed E-state index contributed by atoms with van der Waals surface area (Å²) in [7, 11) is 1.62. The molecular weight excluding hydrogens is 254 g/mol. The summed E-state index contributed by atoms with van der Waals surface area (Å²) in [6.07, 6.45) is 0.793. The van der Waals surface area contributed by atoms with Crippen molar-refractivity contribution >= 4 is 5.78 Å². The predicted octanol–water partition coefficient (Wildman–Crippen LogP) is 2.52. The number of hydrogen-bond donors (Lipinski definition) is 1. The molecule has 112 valence electrons. The lowest BCUT2D eigenvalue weighted by Gasteiger charge is -2.18. The van der Waals surface area contributed by atoms with Crippen molar-refractivity contribution in [2.24, 2.45) is 17.6 Å². The molecule has 1 unspecified atom stereocenters. The van der Waals surface area contributed by atoms with Gasteiger partial charge in [-0.3, -0.25) is 4.79 Å². The van der Waals surface area contributed by atoms with Crippen molar-refractivity contribution in [3.63, 3.8) is 0 Å². The van der Waals surface area contributed by atoms with E-state index in [1.165, 1.54) is 0 Å². The van der Waals surface area contributed by atoms with Gasteiger partial charge >= 0.3 is 0 Å². The van der Waals surface area contributed by atoms with E-state index in [0.717, 1.165) is 6.42 Å². The van der Waals surface area contributed by atoms with Crippen LogP contribution < -0.4 is 10.5 Å². The van der Waals surface area contributed by atoms with Crippen molar-refractivity contribution in [2.75, 3.05) is 26.9 Å². The van der Waals surface area contributed by atoms with Gasteiger partial charge in [-0.2, -0.15) is 0 Å². The number of methoxy groups -OCH3 is 1. The Morgan fingerprint density at radius 3 is 2.55 bits per heavy atom. The average molecular weight is 279 g/mol. The molecular formula is C16H25NO3. The molecule has 1 rings (SSSR count). The predicted molar refractivity (Wildman–Crippen MR) is 80.1 cm³/mol. The van der Waals surface area contributed by atoms with Crippen LogP contribution in [0.15, 0.2) is 24.3 Å². The smallest absolute Gasteiger partial charge is 0.170 e. The van der Waals surface area contributed by atoms with Gasteiger partial charge in [0.05, 0.1) is 12.2 Å². The first kappa shape index (κ1) is 16.7. The number of para-hydroxylation sites is 1. The number of ketones is 1. The molecule has 1 aromatic carbocycles. The Kier molecular flexibility index (Phi) is 7.26. The minimum Gasteiger partial charge on any atom is -0.490 e. The lowest BCUT2D eigenvalue weighted by Crippen LogP contribution is -2.26. The Hall–Kier alpha value is -1.39. The second-order valence-corrected chi connectivity index (χ2v) is 5.26. The normalized spacial score (nSPS) is 12.4. The first-order valence-corrected chi connectivity index (χ1v) is 7.05. The highest BCUT2D eigenvalue weighted by Gasteiger charge is 2.22. The van der Waals surface area contributed by atoms with Gasteiger partial charge in [0.25, 0.3) is 0 Å². The van der Waals surface area contributed by atoms with Crippen LogP contribution in [0.25, 0.3) is 0 Å². The van der Waals surface area contributed by atoms with E-state index in [1.807, 2.05) is 18.2 Å². The van der Waals surface area contributed by atoms with E-state index in [2.05, 4.69) is 13.8 Å². The molecule has 0 heterocycles. The molecule has 0 spiro atoms. The molecule has 1 atom stereocenters. The lowest BCUT2D eigenvalue weighted by molar-refractivity contribution is 0.0901. The molecule has 0 bridgehead atoms. The van der Waals surface area contributed by atoms with Crippen LogP contribution in [0.3, 0.4) is 0 Å². The second-order valence-electron chi connectivity index (χ2n) is 5.26. The van der Waals surface area contributed by atoms with Gasteiger partial charge in [0, 0.05) is 19.6 Å². The summed E-state index contributed by atoms with van der Waals surface area (Å²) in [6, 6.07) is 7.32. The van der Waals surface area contributed by atoms with Gasteiger partial charge in [-0.05, 0) is 24.5 Å². The third-order valence-corrected chi connectivity index (χ3v) is 3.11. The SMILES string of the molecule is COCCOc1ccccc1C(=O)C(CN)CC(C)C. The maximum atomic E-state index is 12.6. The molecule has 1 aromatic rings. The topological polar surface area (TPSA) is 61.5 Å². The van der Waals surface area contributed by atoms with E-state index in [-0.39, 0.29) is 11.7 Å². The molecule has 0 saturated carbocycles. The molecule has 0 radical (unpaired) electrons. The van der Waals surface area contributed by atoms with Crippen LogP contribution in [0.4, 0.5) is 0 Å². The van der Waals surface area contributed by atoms with Gasteiger partial charge < -0.3 is 15.2 Å². The zero-order chi connectivity index (χ0) is 15.0. The number of Topliss-reactive ketones (excluding diaryl/α,β-unsaturated/α-hetero) is 1. The van der Waals surface area contributed by atoms with Gasteiger partial charge in [0.1, 0.15) is 12.4 Å². The van der Waals surface area contributed by atoms with E-state index in [0.29, 0.717) is 37.0 Å². The van der Waals surface area contributed by atoms with E-state index in [9.17, 15) is 4.79 Å². The highest BCUT2D eigenvalue weighted by molar-refractivity contribution is 6.00. The summed E-state index contributed by atoms with van der Waals surface area (Å²) < 4.78 is 10.6. The van der Waals surface area contributed by atoms with Crippen LogP contribution in [0.2, 0.25) is 0 Å². The largest absolute Gasteiger partial charge is 0.490 e. The molecule has 0 aliphatic heterocycles. The van der Waals surface area contributed by atoms with Crippen molar-refractivity contribution in [1.29, 1.82) is 0 Å². The third kappa shape index (κ3) is 4.94. The van der Waals surface area contributed by atoms with Gasteiger partial charge in [0.2, 0.25) is 0 Å². The van der Waals surface area contributed by atoms with E-state index >= 15 is 0 Å². The Labute approximate surface area is 121 Å². The summed E-state index contributed by atoms with van der Waals surface area (Å²) in [4.78, 5) is 12.6. The van der Waals surface area contributed by atoms with Crippen LogP contribution in [-0.2, 0) is 4.74 Å². The maximum Gasteiger partial charge on any atom is 0.170 e. The monoisotopic (exact) mass is 279 g/mol. The molecule has 0 aliphatic carbocycles. The molecule has 2 N–H and O–H groups in total. The molecule has 4 nitrogen and oxygen atoms in total. The number of hydrogen-bond acceptors (Lipinski definition) is 4. The third-order valence-electron chi connectivity index (χ3n) is 3.11. The maximum absolute atomic E-state index is 12.6. The Morgan fingerprint density at radius 1 is 1.25 bits per heavy atom. The standard InChI is InChI=1S/C16H25NO3/c1-12(2)10-13(11-17)16(18)14-6-4-5-7-15(14)20-9-8-19-3/h4-7,12-13H,8-11,17H2,1-3H3. The zero-order valence-electron chi connectivity index (χ0n) is 12.6. The van der Waals surface area contributed by atoms with Crippen molar-refractivity contribution in [2.45, 2.75) is 20.3 Å². The van der Waals surface area contributed by atoms with Crippen LogP contribution in [-0.4, -0.2) is 32.7 Å². The molecule has 4 heteroatoms. The van der Waals surface area contributed by atoms with Crippen LogP contribution in [0.5, 0.6) is 5.75 Å². The van der Waals surface area contributed by atoms with E-state index in [1.54, 1.807) is 13.2 Å². The summed E-state index contributed by atoms with van der Waals surface area (Å²) >= 11 is 0. The number of nitrogens with two attached hydrogens (primary N) is 1. The lowest BCUT2D eigenvalue weighted by atomic mass is 9.89. The molecule has 0 amide bonds. The summed E-state index contributed by atoms with van der Waals surface area (Å²) in [5, 5.41) is 0. The Balaban J connectivity index is 2.85. The Morgan fingerprint density at radius 2 is 1.95 bits per heavy atom. The summed E-state index contributed by atoms with van der Waals surface area (Å²) in [6.45, 7) is 5.48. The fourth-order valence-corrected chi connectivity index (χ4v) is 2.13. The van der Waals surface area contributed by atoms with E-state index in [4.69, 9.17) is 15.2 Å². The fourth-order valence-electron chi connectivity index (χ4n) is 2.13. The van der Waals surface area contributed by atoms with E-state index < -0.39 is 0 Å². The molecule has 0 saturated heterocycles. The molecule has 0 fully saturated rings. The highest BCUT2D eigenvalue weighted by Crippen LogP contribution is 2.24. The van der Waals surface area contributed by atoms with Crippen molar-refractivity contribution < 1.29 is 14.3 Å². The first-order chi connectivity index (χ1) is 9.60. The van der Waals surface area contributed by atoms with Crippen LogP contribution in [0, 0.1) is 11.8 Å². The van der Waals surface area contributed by atoms with Crippen molar-refractivity contribution in [3.8, 4) is 5.75 Å². The average Bonchev–Trinajstić information content (AvgIpc) is 2.44. The quantitative estimate of drug-likeness (QED) is 0.557. The Bertz CT molecular complexity index is 418. The van der Waals surface area contributed by atoms with Crippen molar-refractivity contribution in [3.05, 3.63) is 29.8 Å². The summed E-state index contributed by atoms with van der Waals surface area (Å²) in [5.74, 6) is 0.960. The number of rotatable bonds is 9. The minimum absolute atomic E-state index is 0.0641.